The summed E-state index contributed by atoms with van der Waals surface area (Å²) >= 11 is 0. The van der Waals surface area contributed by atoms with Crippen molar-refractivity contribution in [1.82, 2.24) is 30.0 Å². The SMILES string of the molecule is CC(NC(=O)c1cc(C(F)(F)F)cc(C(F)(F)F)c1)c1nc(OC(F)F)nn1-c1ncccn1. The molecule has 0 saturated heterocycles. The van der Waals surface area contributed by atoms with Crippen molar-refractivity contribution in [3.63, 3.8) is 0 Å². The van der Waals surface area contributed by atoms with E-state index < -0.39 is 53.6 Å². The Morgan fingerprint density at radius 2 is 1.56 bits per heavy atom. The molecular formula is C18H12F8N6O2. The molecule has 0 spiro atoms. The molecule has 1 atom stereocenters. The third-order valence-corrected chi connectivity index (χ3v) is 4.13. The predicted molar refractivity (Wildman–Crippen MR) is 95.9 cm³/mol. The van der Waals surface area contributed by atoms with E-state index in [-0.39, 0.29) is 30.0 Å². The van der Waals surface area contributed by atoms with Crippen LogP contribution in [0, 0.1) is 0 Å². The molecule has 0 aliphatic rings. The Morgan fingerprint density at radius 3 is 2.06 bits per heavy atom. The number of hydrogen-bond acceptors (Lipinski definition) is 6. The smallest absolute Gasteiger partial charge is 0.400 e. The standard InChI is InChI=1S/C18H12F8N6O2/c1-8(12-30-16(34-14(19)20)31-32(12)15-27-3-2-4-28-15)29-13(33)9-5-10(17(21,22)23)7-11(6-9)18(24,25)26/h2-8,14H,1H3,(H,29,33). The number of carbonyl (C=O) groups is 1. The van der Waals surface area contributed by atoms with Crippen molar-refractivity contribution in [3.05, 3.63) is 59.2 Å². The number of nitrogens with one attached hydrogen (secondary N) is 1. The van der Waals surface area contributed by atoms with Crippen molar-refractivity contribution in [1.29, 1.82) is 0 Å². The number of rotatable bonds is 6. The van der Waals surface area contributed by atoms with Crippen molar-refractivity contribution in [2.45, 2.75) is 31.9 Å². The number of nitrogens with zero attached hydrogens (tertiary/aromatic N) is 5. The lowest BCUT2D eigenvalue weighted by atomic mass is 10.0. The number of aromatic nitrogens is 5. The van der Waals surface area contributed by atoms with E-state index in [1.54, 1.807) is 0 Å². The first kappa shape index (κ1) is 24.8. The predicted octanol–water partition coefficient (Wildman–Crippen LogP) is 4.19. The summed E-state index contributed by atoms with van der Waals surface area (Å²) in [5.41, 5.74) is -4.32. The van der Waals surface area contributed by atoms with Gasteiger partial charge in [-0.05, 0) is 31.2 Å². The molecule has 3 rings (SSSR count). The first-order chi connectivity index (χ1) is 15.8. The minimum Gasteiger partial charge on any atom is -0.400 e. The van der Waals surface area contributed by atoms with E-state index in [0.717, 1.165) is 4.68 Å². The Morgan fingerprint density at radius 1 is 1.00 bits per heavy atom. The number of alkyl halides is 8. The van der Waals surface area contributed by atoms with Crippen LogP contribution in [0.25, 0.3) is 5.95 Å². The molecule has 0 bridgehead atoms. The lowest BCUT2D eigenvalue weighted by Gasteiger charge is -2.16. The summed E-state index contributed by atoms with van der Waals surface area (Å²) in [6.45, 7) is -2.08. The zero-order valence-electron chi connectivity index (χ0n) is 16.7. The van der Waals surface area contributed by atoms with Crippen LogP contribution in [0.15, 0.2) is 36.7 Å². The molecule has 3 aromatic rings. The molecule has 1 amide bonds. The van der Waals surface area contributed by atoms with Gasteiger partial charge >= 0.3 is 25.0 Å². The molecule has 1 aromatic carbocycles. The Hall–Kier alpha value is -3.85. The molecule has 2 aromatic heterocycles. The third-order valence-electron chi connectivity index (χ3n) is 4.13. The van der Waals surface area contributed by atoms with Crippen LogP contribution in [0.1, 0.15) is 40.3 Å². The second-order valence-corrected chi connectivity index (χ2v) is 6.58. The molecule has 2 heterocycles. The highest BCUT2D eigenvalue weighted by Crippen LogP contribution is 2.36. The summed E-state index contributed by atoms with van der Waals surface area (Å²) in [5, 5.41) is 5.80. The van der Waals surface area contributed by atoms with Crippen molar-refractivity contribution < 1.29 is 44.7 Å². The molecule has 34 heavy (non-hydrogen) atoms. The highest BCUT2D eigenvalue weighted by molar-refractivity contribution is 5.94. The van der Waals surface area contributed by atoms with Gasteiger partial charge in [0.1, 0.15) is 0 Å². The van der Waals surface area contributed by atoms with Gasteiger partial charge in [-0.2, -0.15) is 44.8 Å². The maximum Gasteiger partial charge on any atom is 0.416 e. The van der Waals surface area contributed by atoms with Gasteiger partial charge in [-0.3, -0.25) is 4.79 Å². The maximum absolute atomic E-state index is 13.1. The summed E-state index contributed by atoms with van der Waals surface area (Å²) < 4.78 is 108. The highest BCUT2D eigenvalue weighted by atomic mass is 19.4. The van der Waals surface area contributed by atoms with E-state index in [1.807, 2.05) is 0 Å². The van der Waals surface area contributed by atoms with E-state index in [1.165, 1.54) is 25.4 Å². The molecule has 0 fully saturated rings. The largest absolute Gasteiger partial charge is 0.416 e. The van der Waals surface area contributed by atoms with E-state index in [4.69, 9.17) is 0 Å². The maximum atomic E-state index is 13.1. The van der Waals surface area contributed by atoms with Gasteiger partial charge in [0.15, 0.2) is 5.82 Å². The Kier molecular flexibility index (Phi) is 6.70. The second kappa shape index (κ2) is 9.18. The fraction of sp³-hybridized carbons (Fsp3) is 0.278. The van der Waals surface area contributed by atoms with Gasteiger partial charge in [-0.1, -0.05) is 0 Å². The van der Waals surface area contributed by atoms with Crippen molar-refractivity contribution >= 4 is 5.91 Å². The Bertz CT molecular complexity index is 1130. The summed E-state index contributed by atoms with van der Waals surface area (Å²) in [5.74, 6) is -1.81. The van der Waals surface area contributed by atoms with E-state index in [0.29, 0.717) is 0 Å². The molecular weight excluding hydrogens is 484 g/mol. The summed E-state index contributed by atoms with van der Waals surface area (Å²) in [6.07, 6.45) is -7.78. The Balaban J connectivity index is 1.96. The van der Waals surface area contributed by atoms with Crippen LogP contribution in [0.2, 0.25) is 0 Å². The highest BCUT2D eigenvalue weighted by Gasteiger charge is 2.37. The number of halogens is 8. The quantitative estimate of drug-likeness (QED) is 0.515. The molecule has 0 saturated carbocycles. The molecule has 0 aliphatic heterocycles. The zero-order chi connectivity index (χ0) is 25.3. The van der Waals surface area contributed by atoms with E-state index >= 15 is 0 Å². The number of benzene rings is 1. The van der Waals surface area contributed by atoms with E-state index in [2.05, 4.69) is 30.1 Å². The molecule has 1 N–H and O–H groups in total. The van der Waals surface area contributed by atoms with Gasteiger partial charge < -0.3 is 10.1 Å². The topological polar surface area (TPSA) is 94.8 Å². The normalized spacial score (nSPS) is 13.1. The number of amides is 1. The fourth-order valence-corrected chi connectivity index (χ4v) is 2.69. The zero-order valence-corrected chi connectivity index (χ0v) is 16.7. The Labute approximate surface area is 184 Å². The number of ether oxygens (including phenoxy) is 1. The van der Waals surface area contributed by atoms with Crippen LogP contribution in [0.3, 0.4) is 0 Å². The van der Waals surface area contributed by atoms with Crippen molar-refractivity contribution in [2.24, 2.45) is 0 Å². The molecule has 8 nitrogen and oxygen atoms in total. The van der Waals surface area contributed by atoms with Crippen molar-refractivity contribution in [3.8, 4) is 12.0 Å². The summed E-state index contributed by atoms with van der Waals surface area (Å²) in [4.78, 5) is 23.9. The summed E-state index contributed by atoms with van der Waals surface area (Å²) in [6, 6.07) is -0.327. The molecule has 0 radical (unpaired) electrons. The second-order valence-electron chi connectivity index (χ2n) is 6.58. The van der Waals surface area contributed by atoms with Crippen LogP contribution < -0.4 is 10.1 Å². The van der Waals surface area contributed by atoms with E-state index in [9.17, 15) is 39.9 Å². The molecule has 0 aliphatic carbocycles. The molecule has 16 heteroatoms. The lowest BCUT2D eigenvalue weighted by Crippen LogP contribution is -2.29. The third kappa shape index (κ3) is 5.74. The van der Waals surface area contributed by atoms with Gasteiger partial charge in [0.25, 0.3) is 11.9 Å². The van der Waals surface area contributed by atoms with Gasteiger partial charge in [0, 0.05) is 18.0 Å². The van der Waals surface area contributed by atoms with Crippen LogP contribution in [-0.4, -0.2) is 37.3 Å². The fourth-order valence-electron chi connectivity index (χ4n) is 2.69. The minimum atomic E-state index is -5.16. The van der Waals surface area contributed by atoms with Gasteiger partial charge in [-0.25, -0.2) is 9.97 Å². The summed E-state index contributed by atoms with van der Waals surface area (Å²) in [7, 11) is 0. The van der Waals surface area contributed by atoms with Gasteiger partial charge in [0.2, 0.25) is 0 Å². The first-order valence-corrected chi connectivity index (χ1v) is 9.05. The van der Waals surface area contributed by atoms with Crippen LogP contribution >= 0.6 is 0 Å². The monoisotopic (exact) mass is 496 g/mol. The van der Waals surface area contributed by atoms with Crippen LogP contribution in [-0.2, 0) is 12.4 Å². The lowest BCUT2D eigenvalue weighted by molar-refractivity contribution is -0.143. The number of hydrogen-bond donors (Lipinski definition) is 1. The van der Waals surface area contributed by atoms with Crippen molar-refractivity contribution in [2.75, 3.05) is 0 Å². The average molecular weight is 496 g/mol. The average Bonchev–Trinajstić information content (AvgIpc) is 3.16. The van der Waals surface area contributed by atoms with Crippen LogP contribution in [0.5, 0.6) is 6.01 Å². The molecule has 1 unspecified atom stereocenters. The first-order valence-electron chi connectivity index (χ1n) is 9.05. The minimum absolute atomic E-state index is 0.127. The van der Waals surface area contributed by atoms with Gasteiger partial charge in [0.05, 0.1) is 17.2 Å². The van der Waals surface area contributed by atoms with Crippen LogP contribution in [0.4, 0.5) is 35.1 Å². The molecule has 182 valence electrons. The van der Waals surface area contributed by atoms with Gasteiger partial charge in [-0.15, -0.1) is 5.10 Å². The number of carbonyl (C=O) groups excluding carboxylic acids is 1.